The van der Waals surface area contributed by atoms with E-state index in [1.54, 1.807) is 6.92 Å². The molecule has 0 saturated carbocycles. The lowest BCUT2D eigenvalue weighted by Gasteiger charge is -2.38. The van der Waals surface area contributed by atoms with Gasteiger partial charge >= 0.3 is 24.7 Å². The van der Waals surface area contributed by atoms with E-state index in [1.165, 1.54) is 13.1 Å². The van der Waals surface area contributed by atoms with Crippen LogP contribution in [-0.4, -0.2) is 55.6 Å². The highest BCUT2D eigenvalue weighted by Gasteiger charge is 2.38. The topological polar surface area (TPSA) is 96.6 Å². The minimum Gasteiger partial charge on any atom is -0.450 e. The summed E-state index contributed by atoms with van der Waals surface area (Å²) in [5.41, 5.74) is -4.03. The van der Waals surface area contributed by atoms with Crippen molar-refractivity contribution in [1.82, 2.24) is 25.1 Å². The number of aryl methyl sites for hydroxylation is 1. The van der Waals surface area contributed by atoms with E-state index in [9.17, 15) is 44.3 Å². The first-order valence-corrected chi connectivity index (χ1v) is 14.0. The molecule has 1 aliphatic heterocycles. The molecular formula is C28H29F9N6O3. The zero-order valence-electron chi connectivity index (χ0n) is 24.4. The molecule has 9 nitrogen and oxygen atoms in total. The lowest BCUT2D eigenvalue weighted by atomic mass is 9.92. The van der Waals surface area contributed by atoms with Crippen molar-refractivity contribution in [3.8, 4) is 0 Å². The predicted octanol–water partition coefficient (Wildman–Crippen LogP) is 7.08. The molecule has 0 aliphatic carbocycles. The number of nitrogens with zero attached hydrogens (tertiary/aromatic N) is 6. The first-order valence-electron chi connectivity index (χ1n) is 14.0. The van der Waals surface area contributed by atoms with E-state index in [-0.39, 0.29) is 17.6 Å². The van der Waals surface area contributed by atoms with E-state index in [2.05, 4.69) is 15.4 Å². The van der Waals surface area contributed by atoms with Crippen LogP contribution in [0.1, 0.15) is 65.6 Å². The third kappa shape index (κ3) is 8.58. The minimum absolute atomic E-state index is 0.0180. The molecule has 3 aromatic rings. The number of benzene rings is 2. The van der Waals surface area contributed by atoms with Crippen LogP contribution in [0.4, 0.5) is 50.3 Å². The number of anilines is 1. The number of likely N-dealkylation sites (tertiary alicyclic amines) is 1. The highest BCUT2D eigenvalue weighted by Crippen LogP contribution is 2.39. The largest absolute Gasteiger partial charge is 0.506 e. The molecule has 18 heteroatoms. The second kappa shape index (κ2) is 13.3. The lowest BCUT2D eigenvalue weighted by molar-refractivity contribution is -0.143. The number of carbonyl (C=O) groups is 1. The van der Waals surface area contributed by atoms with Crippen LogP contribution >= 0.6 is 0 Å². The van der Waals surface area contributed by atoms with E-state index >= 15 is 0 Å². The molecule has 46 heavy (non-hydrogen) atoms. The van der Waals surface area contributed by atoms with Gasteiger partial charge in [0.15, 0.2) is 0 Å². The molecule has 0 bridgehead atoms. The maximum absolute atomic E-state index is 13.9. The quantitative estimate of drug-likeness (QED) is 0.191. The molecule has 2 aromatic carbocycles. The number of carboxylic acid groups (broad SMARTS) is 1. The van der Waals surface area contributed by atoms with E-state index in [0.29, 0.717) is 50.0 Å². The van der Waals surface area contributed by atoms with Gasteiger partial charge in [0.2, 0.25) is 0 Å². The summed E-state index contributed by atoms with van der Waals surface area (Å²) in [4.78, 5) is 15.0. The van der Waals surface area contributed by atoms with Gasteiger partial charge in [-0.3, -0.25) is 4.90 Å². The van der Waals surface area contributed by atoms with Gasteiger partial charge in [-0.1, -0.05) is 18.1 Å². The van der Waals surface area contributed by atoms with Crippen LogP contribution in [0.3, 0.4) is 0 Å². The Kier molecular flexibility index (Phi) is 10.1. The van der Waals surface area contributed by atoms with Crippen molar-refractivity contribution in [3.63, 3.8) is 0 Å². The summed E-state index contributed by atoms with van der Waals surface area (Å²) < 4.78 is 128. The molecule has 252 valence electrons. The number of piperidine rings is 1. The molecule has 1 aromatic heterocycles. The average Bonchev–Trinajstić information content (AvgIpc) is 3.39. The number of alkyl halides is 9. The van der Waals surface area contributed by atoms with E-state index < -0.39 is 72.2 Å². The second-order valence-corrected chi connectivity index (χ2v) is 10.8. The van der Waals surface area contributed by atoms with Gasteiger partial charge in [0, 0.05) is 32.2 Å². The van der Waals surface area contributed by atoms with Crippen molar-refractivity contribution in [3.05, 3.63) is 69.8 Å². The molecule has 0 unspecified atom stereocenters. The van der Waals surface area contributed by atoms with Crippen LogP contribution in [0.25, 0.3) is 0 Å². The third-order valence-corrected chi connectivity index (χ3v) is 7.56. The second-order valence-electron chi connectivity index (χ2n) is 10.8. The third-order valence-electron chi connectivity index (χ3n) is 7.56. The SMILES string of the molecule is CC[C@H](c1ccc(C(F)(F)F)cc1CN(Cc1cc(C(F)(F)F)cc(C(F)(F)F)c1)c1nnn(C)n1)N1CCC(OC(=O)O)CC1. The van der Waals surface area contributed by atoms with Crippen molar-refractivity contribution in [2.45, 2.75) is 70.0 Å². The number of rotatable bonds is 9. The van der Waals surface area contributed by atoms with Crippen LogP contribution in [0, 0.1) is 0 Å². The van der Waals surface area contributed by atoms with Gasteiger partial charge in [-0.25, -0.2) is 4.79 Å². The molecule has 0 spiro atoms. The van der Waals surface area contributed by atoms with E-state index in [4.69, 9.17) is 9.84 Å². The summed E-state index contributed by atoms with van der Waals surface area (Å²) in [6.45, 7) is 1.45. The van der Waals surface area contributed by atoms with Crippen molar-refractivity contribution in [2.24, 2.45) is 7.05 Å². The molecule has 0 amide bonds. The summed E-state index contributed by atoms with van der Waals surface area (Å²) in [5, 5.41) is 20.4. The molecule has 1 N–H and O–H groups in total. The van der Waals surface area contributed by atoms with Crippen molar-refractivity contribution in [2.75, 3.05) is 18.0 Å². The molecule has 0 radical (unpaired) electrons. The molecular weight excluding hydrogens is 639 g/mol. The Bertz CT molecular complexity index is 1480. The molecule has 1 aliphatic rings. The Morgan fingerprint density at radius 2 is 1.52 bits per heavy atom. The lowest BCUT2D eigenvalue weighted by Crippen LogP contribution is -2.40. The first-order chi connectivity index (χ1) is 21.3. The fraction of sp³-hybridized carbons (Fsp3) is 0.500. The van der Waals surface area contributed by atoms with Crippen LogP contribution < -0.4 is 4.90 Å². The van der Waals surface area contributed by atoms with Crippen LogP contribution in [-0.2, 0) is 43.4 Å². The number of hydrogen-bond acceptors (Lipinski definition) is 7. The standard InChI is InChI=1S/C28H29F9N6O3/c1-3-23(42-8-6-21(7-9-42)46-25(44)45)22-5-4-18(26(29,30)31)12-17(22)15-43(24-38-40-41(2)39-24)14-16-10-19(27(32,33)34)13-20(11-16)28(35,36)37/h4-5,10-13,21,23H,3,6-9,14-15H2,1-2H3,(H,44,45)/t23-/m1/s1. The van der Waals surface area contributed by atoms with Crippen LogP contribution in [0.15, 0.2) is 36.4 Å². The molecule has 1 fully saturated rings. The number of aromatic nitrogens is 4. The Morgan fingerprint density at radius 1 is 0.935 bits per heavy atom. The summed E-state index contributed by atoms with van der Waals surface area (Å²) in [6, 6.07) is 3.65. The van der Waals surface area contributed by atoms with Gasteiger partial charge in [-0.05, 0) is 71.5 Å². The Morgan fingerprint density at radius 3 is 2.00 bits per heavy atom. The van der Waals surface area contributed by atoms with Crippen molar-refractivity contribution in [1.29, 1.82) is 0 Å². The van der Waals surface area contributed by atoms with Crippen LogP contribution in [0.5, 0.6) is 0 Å². The molecule has 1 atom stereocenters. The zero-order valence-corrected chi connectivity index (χ0v) is 24.4. The summed E-state index contributed by atoms with van der Waals surface area (Å²) >= 11 is 0. The number of tetrazole rings is 1. The zero-order chi connectivity index (χ0) is 34.0. The highest BCUT2D eigenvalue weighted by atomic mass is 19.4. The molecule has 1 saturated heterocycles. The Hall–Kier alpha value is -4.09. The minimum atomic E-state index is -5.11. The van der Waals surface area contributed by atoms with Gasteiger partial charge in [0.25, 0.3) is 5.95 Å². The maximum Gasteiger partial charge on any atom is 0.506 e. The average molecular weight is 669 g/mol. The molecule has 2 heterocycles. The smallest absolute Gasteiger partial charge is 0.450 e. The molecule has 4 rings (SSSR count). The Balaban J connectivity index is 1.76. The van der Waals surface area contributed by atoms with Gasteiger partial charge in [0.05, 0.1) is 23.7 Å². The Labute approximate surface area is 256 Å². The van der Waals surface area contributed by atoms with Gasteiger partial charge in [0.1, 0.15) is 6.10 Å². The van der Waals surface area contributed by atoms with Gasteiger partial charge < -0.3 is 14.7 Å². The number of halogens is 9. The fourth-order valence-electron chi connectivity index (χ4n) is 5.50. The maximum atomic E-state index is 13.9. The fourth-order valence-corrected chi connectivity index (χ4v) is 5.50. The van der Waals surface area contributed by atoms with Gasteiger partial charge in [-0.15, -0.1) is 5.10 Å². The van der Waals surface area contributed by atoms with E-state index in [1.807, 2.05) is 4.90 Å². The number of ether oxygens (including phenoxy) is 1. The summed E-state index contributed by atoms with van der Waals surface area (Å²) in [7, 11) is 1.36. The monoisotopic (exact) mass is 668 g/mol. The normalized spacial score (nSPS) is 16.0. The predicted molar refractivity (Wildman–Crippen MR) is 143 cm³/mol. The van der Waals surface area contributed by atoms with Crippen LogP contribution in [0.2, 0.25) is 0 Å². The van der Waals surface area contributed by atoms with Crippen molar-refractivity contribution >= 4 is 12.1 Å². The van der Waals surface area contributed by atoms with Crippen molar-refractivity contribution < 1.29 is 54.2 Å². The first kappa shape index (κ1) is 34.8. The summed E-state index contributed by atoms with van der Waals surface area (Å²) in [6.07, 6.45) is -15.9. The van der Waals surface area contributed by atoms with Gasteiger partial charge in [-0.2, -0.15) is 44.3 Å². The highest BCUT2D eigenvalue weighted by molar-refractivity contribution is 5.57. The number of hydrogen-bond donors (Lipinski definition) is 1. The van der Waals surface area contributed by atoms with E-state index in [0.717, 1.165) is 21.8 Å². The summed E-state index contributed by atoms with van der Waals surface area (Å²) in [5.74, 6) is -0.239.